The standard InChI is InChI=1S/C29H38N4O7/c1-17(15-31-27(37)22-11-4-5-12-24(22)35)32-28(38)26(21-9-6-10-21)40-29(39)18(2)25(36)23(33-19(3)34)14-20-8-7-13-30-16-20/h4-5,7-8,11-13,16-18,21,23,25-26,35-36H,6,9-10,14-15H2,1-3H3,(H,31,37)(H,32,38)(H,33,34). The van der Waals surface area contributed by atoms with Crippen molar-refractivity contribution in [3.63, 3.8) is 0 Å². The van der Waals surface area contributed by atoms with E-state index in [1.807, 2.05) is 0 Å². The highest BCUT2D eigenvalue weighted by Gasteiger charge is 2.39. The Morgan fingerprint density at radius 2 is 1.80 bits per heavy atom. The fraction of sp³-hybridized carbons (Fsp3) is 0.483. The minimum atomic E-state index is -1.27. The molecule has 1 aromatic heterocycles. The van der Waals surface area contributed by atoms with Crippen molar-refractivity contribution in [2.24, 2.45) is 11.8 Å². The summed E-state index contributed by atoms with van der Waals surface area (Å²) in [6.45, 7) is 4.62. The van der Waals surface area contributed by atoms with Gasteiger partial charge in [0.1, 0.15) is 5.75 Å². The number of rotatable bonds is 13. The number of carbonyl (C=O) groups excluding carboxylic acids is 4. The van der Waals surface area contributed by atoms with Crippen molar-refractivity contribution in [1.82, 2.24) is 20.9 Å². The monoisotopic (exact) mass is 554 g/mol. The molecule has 11 heteroatoms. The predicted molar refractivity (Wildman–Crippen MR) is 146 cm³/mol. The molecular weight excluding hydrogens is 516 g/mol. The summed E-state index contributed by atoms with van der Waals surface area (Å²) in [7, 11) is 0. The number of esters is 1. The molecule has 11 nitrogen and oxygen atoms in total. The van der Waals surface area contributed by atoms with E-state index in [0.717, 1.165) is 24.8 Å². The number of aromatic nitrogens is 1. The number of aliphatic hydroxyl groups excluding tert-OH is 1. The van der Waals surface area contributed by atoms with E-state index in [4.69, 9.17) is 4.74 Å². The van der Waals surface area contributed by atoms with Crippen LogP contribution in [0.15, 0.2) is 48.8 Å². The third-order valence-corrected chi connectivity index (χ3v) is 7.05. The second-order valence-electron chi connectivity index (χ2n) is 10.3. The molecule has 0 saturated heterocycles. The second-order valence-corrected chi connectivity index (χ2v) is 10.3. The maximum Gasteiger partial charge on any atom is 0.312 e. The number of phenolic OH excluding ortho intramolecular Hbond substituents is 1. The lowest BCUT2D eigenvalue weighted by molar-refractivity contribution is -0.168. The van der Waals surface area contributed by atoms with Crippen molar-refractivity contribution in [2.45, 2.75) is 70.7 Å². The van der Waals surface area contributed by atoms with Crippen LogP contribution in [-0.2, 0) is 25.5 Å². The van der Waals surface area contributed by atoms with Gasteiger partial charge in [-0.15, -0.1) is 0 Å². The zero-order chi connectivity index (χ0) is 29.2. The van der Waals surface area contributed by atoms with Gasteiger partial charge in [0, 0.05) is 37.8 Å². The molecule has 3 amide bonds. The van der Waals surface area contributed by atoms with Crippen LogP contribution < -0.4 is 16.0 Å². The zero-order valence-electron chi connectivity index (χ0n) is 23.0. The highest BCUT2D eigenvalue weighted by Crippen LogP contribution is 2.32. The van der Waals surface area contributed by atoms with Crippen molar-refractivity contribution in [3.05, 3.63) is 59.9 Å². The second kappa shape index (κ2) is 14.4. The van der Waals surface area contributed by atoms with Crippen molar-refractivity contribution < 1.29 is 34.1 Å². The summed E-state index contributed by atoms with van der Waals surface area (Å²) in [5.41, 5.74) is 0.895. The third-order valence-electron chi connectivity index (χ3n) is 7.05. The predicted octanol–water partition coefficient (Wildman–Crippen LogP) is 1.48. The van der Waals surface area contributed by atoms with Gasteiger partial charge in [-0.3, -0.25) is 24.2 Å². The number of phenols is 1. The molecule has 1 aliphatic carbocycles. The number of para-hydroxylation sites is 1. The number of benzene rings is 1. The van der Waals surface area contributed by atoms with Crippen LogP contribution >= 0.6 is 0 Å². The van der Waals surface area contributed by atoms with Gasteiger partial charge < -0.3 is 30.9 Å². The summed E-state index contributed by atoms with van der Waals surface area (Å²) in [5, 5.41) is 29.0. The van der Waals surface area contributed by atoms with E-state index in [-0.39, 0.29) is 36.1 Å². The molecule has 0 aliphatic heterocycles. The summed E-state index contributed by atoms with van der Waals surface area (Å²) < 4.78 is 5.66. The normalized spacial score (nSPS) is 16.8. The van der Waals surface area contributed by atoms with E-state index in [1.54, 1.807) is 43.6 Å². The summed E-state index contributed by atoms with van der Waals surface area (Å²) in [6.07, 6.45) is 3.51. The van der Waals surface area contributed by atoms with E-state index in [0.29, 0.717) is 0 Å². The molecule has 1 aromatic carbocycles. The van der Waals surface area contributed by atoms with Crippen LogP contribution in [0.1, 0.15) is 56.0 Å². The molecule has 2 aromatic rings. The van der Waals surface area contributed by atoms with Crippen LogP contribution in [0.4, 0.5) is 0 Å². The van der Waals surface area contributed by atoms with Crippen LogP contribution in [0, 0.1) is 11.8 Å². The third kappa shape index (κ3) is 8.51. The highest BCUT2D eigenvalue weighted by atomic mass is 16.5. The topological polar surface area (TPSA) is 167 Å². The zero-order valence-corrected chi connectivity index (χ0v) is 23.0. The van der Waals surface area contributed by atoms with Crippen molar-refractivity contribution >= 4 is 23.7 Å². The Morgan fingerprint density at radius 3 is 2.40 bits per heavy atom. The number of carbonyl (C=O) groups is 4. The quantitative estimate of drug-likeness (QED) is 0.232. The van der Waals surface area contributed by atoms with Gasteiger partial charge in [-0.2, -0.15) is 0 Å². The summed E-state index contributed by atoms with van der Waals surface area (Å²) in [5.74, 6) is -3.41. The Bertz CT molecular complexity index is 1170. The van der Waals surface area contributed by atoms with E-state index >= 15 is 0 Å². The van der Waals surface area contributed by atoms with Crippen LogP contribution in [-0.4, -0.2) is 69.7 Å². The minimum absolute atomic E-state index is 0.0894. The molecule has 40 heavy (non-hydrogen) atoms. The maximum absolute atomic E-state index is 13.1. The molecule has 0 spiro atoms. The lowest BCUT2D eigenvalue weighted by Crippen LogP contribution is -2.52. The Labute approximate surface area is 233 Å². The largest absolute Gasteiger partial charge is 0.507 e. The molecule has 3 rings (SSSR count). The van der Waals surface area contributed by atoms with Crippen molar-refractivity contribution in [2.75, 3.05) is 6.54 Å². The molecule has 0 radical (unpaired) electrons. The first-order chi connectivity index (χ1) is 19.1. The lowest BCUT2D eigenvalue weighted by atomic mass is 9.80. The summed E-state index contributed by atoms with van der Waals surface area (Å²) in [6, 6.07) is 8.42. The van der Waals surface area contributed by atoms with Crippen molar-refractivity contribution in [3.8, 4) is 5.75 Å². The first-order valence-electron chi connectivity index (χ1n) is 13.5. The van der Waals surface area contributed by atoms with Gasteiger partial charge in [-0.1, -0.05) is 24.6 Å². The van der Waals surface area contributed by atoms with Crippen LogP contribution in [0.2, 0.25) is 0 Å². The Balaban J connectivity index is 1.60. The Kier molecular flexibility index (Phi) is 11.0. The van der Waals surface area contributed by atoms with Crippen LogP contribution in [0.5, 0.6) is 5.75 Å². The van der Waals surface area contributed by atoms with E-state index < -0.39 is 48.0 Å². The number of aliphatic hydroxyl groups is 1. The molecule has 1 aliphatic rings. The van der Waals surface area contributed by atoms with E-state index in [2.05, 4.69) is 20.9 Å². The SMILES string of the molecule is CC(=O)NC(Cc1cccnc1)C(O)C(C)C(=O)OC(C(=O)NC(C)CNC(=O)c1ccccc1O)C1CCC1. The molecule has 5 unspecified atom stereocenters. The van der Waals surface area contributed by atoms with Crippen LogP contribution in [0.25, 0.3) is 0 Å². The number of hydrogen-bond acceptors (Lipinski definition) is 8. The molecule has 5 atom stereocenters. The average molecular weight is 555 g/mol. The molecule has 0 bridgehead atoms. The number of aromatic hydroxyl groups is 1. The number of amides is 3. The average Bonchev–Trinajstić information content (AvgIpc) is 2.89. The molecular formula is C29H38N4O7. The number of nitrogens with zero attached hydrogens (tertiary/aromatic N) is 1. The van der Waals surface area contributed by atoms with Gasteiger partial charge in [0.2, 0.25) is 5.91 Å². The fourth-order valence-corrected chi connectivity index (χ4v) is 4.50. The van der Waals surface area contributed by atoms with Crippen molar-refractivity contribution in [1.29, 1.82) is 0 Å². The van der Waals surface area contributed by atoms with Gasteiger partial charge in [-0.25, -0.2) is 0 Å². The first kappa shape index (κ1) is 30.6. The van der Waals surface area contributed by atoms with Crippen LogP contribution in [0.3, 0.4) is 0 Å². The molecule has 1 saturated carbocycles. The summed E-state index contributed by atoms with van der Waals surface area (Å²) >= 11 is 0. The Morgan fingerprint density at radius 1 is 1.07 bits per heavy atom. The van der Waals surface area contributed by atoms with E-state index in [1.165, 1.54) is 26.0 Å². The van der Waals surface area contributed by atoms with Gasteiger partial charge in [0.15, 0.2) is 6.10 Å². The number of ether oxygens (including phenoxy) is 1. The Hall–Kier alpha value is -3.99. The summed E-state index contributed by atoms with van der Waals surface area (Å²) in [4.78, 5) is 54.5. The number of pyridine rings is 1. The number of hydrogen-bond donors (Lipinski definition) is 5. The van der Waals surface area contributed by atoms with Gasteiger partial charge >= 0.3 is 5.97 Å². The first-order valence-corrected chi connectivity index (χ1v) is 13.5. The van der Waals surface area contributed by atoms with Gasteiger partial charge in [0.05, 0.1) is 23.6 Å². The lowest BCUT2D eigenvalue weighted by Gasteiger charge is -2.34. The molecule has 1 heterocycles. The molecule has 1 fully saturated rings. The minimum Gasteiger partial charge on any atom is -0.507 e. The molecule has 216 valence electrons. The molecule has 5 N–H and O–H groups in total. The van der Waals surface area contributed by atoms with Gasteiger partial charge in [-0.05, 0) is 56.9 Å². The van der Waals surface area contributed by atoms with Gasteiger partial charge in [0.25, 0.3) is 11.8 Å². The fourth-order valence-electron chi connectivity index (χ4n) is 4.50. The number of nitrogens with one attached hydrogen (secondary N) is 3. The smallest absolute Gasteiger partial charge is 0.312 e. The maximum atomic E-state index is 13.1. The highest BCUT2D eigenvalue weighted by molar-refractivity contribution is 5.96. The van der Waals surface area contributed by atoms with E-state index in [9.17, 15) is 29.4 Å².